The van der Waals surface area contributed by atoms with E-state index in [0.717, 1.165) is 18.4 Å². The fourth-order valence-corrected chi connectivity index (χ4v) is 2.17. The van der Waals surface area contributed by atoms with E-state index in [0.29, 0.717) is 31.9 Å². The minimum absolute atomic E-state index is 0.363. The number of hydrogen-bond donors (Lipinski definition) is 2. The van der Waals surface area contributed by atoms with Crippen LogP contribution in [-0.4, -0.2) is 43.6 Å². The highest BCUT2D eigenvalue weighted by atomic mass is 16.5. The summed E-state index contributed by atoms with van der Waals surface area (Å²) in [7, 11) is 1.74. The van der Waals surface area contributed by atoms with Gasteiger partial charge in [0.05, 0.1) is 25.4 Å². The second kappa shape index (κ2) is 7.60. The second-order valence-corrected chi connectivity index (χ2v) is 5.09. The van der Waals surface area contributed by atoms with Crippen molar-refractivity contribution in [3.8, 4) is 0 Å². The number of aliphatic hydroxyl groups is 1. The second-order valence-electron chi connectivity index (χ2n) is 5.09. The first-order chi connectivity index (χ1) is 9.28. The molecule has 0 aliphatic heterocycles. The molecule has 0 radical (unpaired) electrons. The van der Waals surface area contributed by atoms with Crippen molar-refractivity contribution >= 4 is 0 Å². The molecule has 1 atom stereocenters. The largest absolute Gasteiger partial charge is 0.389 e. The summed E-state index contributed by atoms with van der Waals surface area (Å²) in [6, 6.07) is 10.5. The number of hydrogen-bond acceptors (Lipinski definition) is 4. The summed E-state index contributed by atoms with van der Waals surface area (Å²) in [5.74, 6) is 0. The molecule has 4 heteroatoms. The van der Waals surface area contributed by atoms with Gasteiger partial charge in [0.2, 0.25) is 0 Å². The molecule has 1 aliphatic carbocycles. The van der Waals surface area contributed by atoms with Gasteiger partial charge in [-0.05, 0) is 18.4 Å². The van der Waals surface area contributed by atoms with Crippen molar-refractivity contribution in [2.75, 3.05) is 20.3 Å². The van der Waals surface area contributed by atoms with Gasteiger partial charge in [-0.2, -0.15) is 0 Å². The van der Waals surface area contributed by atoms with Crippen LogP contribution in [0, 0.1) is 0 Å². The van der Waals surface area contributed by atoms with E-state index in [1.165, 1.54) is 0 Å². The molecule has 1 aliphatic rings. The van der Waals surface area contributed by atoms with E-state index < -0.39 is 6.10 Å². The zero-order valence-electron chi connectivity index (χ0n) is 11.4. The topological polar surface area (TPSA) is 50.7 Å². The summed E-state index contributed by atoms with van der Waals surface area (Å²) in [6.45, 7) is 1.49. The van der Waals surface area contributed by atoms with E-state index in [-0.39, 0.29) is 0 Å². The molecule has 2 N–H and O–H groups in total. The zero-order valence-corrected chi connectivity index (χ0v) is 11.4. The lowest BCUT2D eigenvalue weighted by atomic mass is 9.89. The van der Waals surface area contributed by atoms with Gasteiger partial charge < -0.3 is 19.9 Å². The molecule has 1 aromatic rings. The molecule has 0 aromatic heterocycles. The van der Waals surface area contributed by atoms with Crippen molar-refractivity contribution in [2.24, 2.45) is 0 Å². The maximum Gasteiger partial charge on any atom is 0.0897 e. The van der Waals surface area contributed by atoms with Gasteiger partial charge in [0.15, 0.2) is 0 Å². The van der Waals surface area contributed by atoms with Crippen LogP contribution in [0.5, 0.6) is 0 Å². The van der Waals surface area contributed by atoms with Gasteiger partial charge in [-0.25, -0.2) is 0 Å². The lowest BCUT2D eigenvalue weighted by molar-refractivity contribution is 0.00208. The lowest BCUT2D eigenvalue weighted by Gasteiger charge is -2.35. The molecular weight excluding hydrogens is 242 g/mol. The van der Waals surface area contributed by atoms with Gasteiger partial charge >= 0.3 is 0 Å². The van der Waals surface area contributed by atoms with Gasteiger partial charge in [-0.15, -0.1) is 0 Å². The Kier molecular flexibility index (Phi) is 5.79. The SMILES string of the molecule is COC1CC(NCC(O)COCc2ccccc2)C1. The van der Waals surface area contributed by atoms with E-state index in [2.05, 4.69) is 5.32 Å². The normalized spacial score (nSPS) is 23.9. The first kappa shape index (κ1) is 14.5. The molecule has 0 amide bonds. The van der Waals surface area contributed by atoms with E-state index in [9.17, 15) is 5.11 Å². The summed E-state index contributed by atoms with van der Waals surface area (Å²) < 4.78 is 10.7. The van der Waals surface area contributed by atoms with E-state index in [1.807, 2.05) is 30.3 Å². The summed E-state index contributed by atoms with van der Waals surface area (Å²) in [4.78, 5) is 0. The first-order valence-corrected chi connectivity index (χ1v) is 6.84. The molecule has 0 heterocycles. The van der Waals surface area contributed by atoms with E-state index in [1.54, 1.807) is 7.11 Å². The monoisotopic (exact) mass is 265 g/mol. The average molecular weight is 265 g/mol. The van der Waals surface area contributed by atoms with Crippen LogP contribution < -0.4 is 5.32 Å². The fraction of sp³-hybridized carbons (Fsp3) is 0.600. The summed E-state index contributed by atoms with van der Waals surface area (Å²) in [5.41, 5.74) is 1.13. The van der Waals surface area contributed by atoms with Gasteiger partial charge in [0.1, 0.15) is 0 Å². The van der Waals surface area contributed by atoms with Gasteiger partial charge in [0.25, 0.3) is 0 Å². The molecule has 0 spiro atoms. The number of aliphatic hydroxyl groups excluding tert-OH is 1. The molecule has 1 unspecified atom stereocenters. The van der Waals surface area contributed by atoms with E-state index in [4.69, 9.17) is 9.47 Å². The number of rotatable bonds is 8. The van der Waals surface area contributed by atoms with Crippen molar-refractivity contribution in [2.45, 2.75) is 37.7 Å². The number of benzene rings is 1. The molecule has 4 nitrogen and oxygen atoms in total. The van der Waals surface area contributed by atoms with Crippen molar-refractivity contribution in [1.29, 1.82) is 0 Å². The van der Waals surface area contributed by atoms with Crippen LogP contribution in [0.1, 0.15) is 18.4 Å². The number of ether oxygens (including phenoxy) is 2. The lowest BCUT2D eigenvalue weighted by Crippen LogP contribution is -2.47. The predicted molar refractivity (Wildman–Crippen MR) is 73.9 cm³/mol. The number of methoxy groups -OCH3 is 1. The molecule has 1 aromatic carbocycles. The predicted octanol–water partition coefficient (Wildman–Crippen LogP) is 1.33. The highest BCUT2D eigenvalue weighted by Gasteiger charge is 2.28. The average Bonchev–Trinajstić information content (AvgIpc) is 2.38. The van der Waals surface area contributed by atoms with Gasteiger partial charge in [-0.1, -0.05) is 30.3 Å². The molecule has 0 saturated heterocycles. The minimum Gasteiger partial charge on any atom is -0.389 e. The Morgan fingerprint density at radius 3 is 2.74 bits per heavy atom. The number of nitrogens with one attached hydrogen (secondary N) is 1. The summed E-state index contributed by atoms with van der Waals surface area (Å²) in [6.07, 6.45) is 2.01. The standard InChI is InChI=1S/C15H23NO3/c1-18-15-7-13(8-15)16-9-14(17)11-19-10-12-5-3-2-4-6-12/h2-6,13-17H,7-11H2,1H3. The summed E-state index contributed by atoms with van der Waals surface area (Å²) >= 11 is 0. The Morgan fingerprint density at radius 1 is 1.32 bits per heavy atom. The quantitative estimate of drug-likeness (QED) is 0.744. The fourth-order valence-electron chi connectivity index (χ4n) is 2.17. The van der Waals surface area contributed by atoms with E-state index >= 15 is 0 Å². The highest BCUT2D eigenvalue weighted by molar-refractivity contribution is 5.13. The van der Waals surface area contributed by atoms with Gasteiger partial charge in [-0.3, -0.25) is 0 Å². The Balaban J connectivity index is 1.52. The van der Waals surface area contributed by atoms with Crippen molar-refractivity contribution < 1.29 is 14.6 Å². The van der Waals surface area contributed by atoms with Crippen molar-refractivity contribution in [3.63, 3.8) is 0 Å². The summed E-state index contributed by atoms with van der Waals surface area (Å²) in [5, 5.41) is 13.1. The third-order valence-electron chi connectivity index (χ3n) is 3.49. The Labute approximate surface area is 114 Å². The Bertz CT molecular complexity index is 352. The third kappa shape index (κ3) is 4.91. The first-order valence-electron chi connectivity index (χ1n) is 6.84. The molecule has 1 saturated carbocycles. The van der Waals surface area contributed by atoms with Crippen LogP contribution >= 0.6 is 0 Å². The van der Waals surface area contributed by atoms with Crippen LogP contribution in [0.3, 0.4) is 0 Å². The molecule has 106 valence electrons. The molecular formula is C15H23NO3. The smallest absolute Gasteiger partial charge is 0.0897 e. The maximum absolute atomic E-state index is 9.80. The van der Waals surface area contributed by atoms with Crippen molar-refractivity contribution in [1.82, 2.24) is 5.32 Å². The van der Waals surface area contributed by atoms with Crippen LogP contribution in [0.2, 0.25) is 0 Å². The zero-order chi connectivity index (χ0) is 13.5. The third-order valence-corrected chi connectivity index (χ3v) is 3.49. The van der Waals surface area contributed by atoms with Crippen molar-refractivity contribution in [3.05, 3.63) is 35.9 Å². The maximum atomic E-state index is 9.80. The Hall–Kier alpha value is -0.940. The molecule has 19 heavy (non-hydrogen) atoms. The van der Waals surface area contributed by atoms with Crippen LogP contribution in [0.25, 0.3) is 0 Å². The van der Waals surface area contributed by atoms with Crippen LogP contribution in [0.4, 0.5) is 0 Å². The molecule has 0 bridgehead atoms. The Morgan fingerprint density at radius 2 is 2.05 bits per heavy atom. The molecule has 2 rings (SSSR count). The van der Waals surface area contributed by atoms with Crippen LogP contribution in [-0.2, 0) is 16.1 Å². The van der Waals surface area contributed by atoms with Crippen LogP contribution in [0.15, 0.2) is 30.3 Å². The van der Waals surface area contributed by atoms with Gasteiger partial charge in [0, 0.05) is 19.7 Å². The molecule has 1 fully saturated rings. The minimum atomic E-state index is -0.453. The highest BCUT2D eigenvalue weighted by Crippen LogP contribution is 2.22.